The summed E-state index contributed by atoms with van der Waals surface area (Å²) in [4.78, 5) is 0. The second-order valence-corrected chi connectivity index (χ2v) is 21.7. The Labute approximate surface area is 370 Å². The molecular weight excluding hydrogens is 799 g/mol. The van der Waals surface area contributed by atoms with E-state index in [1.54, 1.807) is 0 Å². The zero-order chi connectivity index (χ0) is 40.4. The molecule has 1 atom stereocenters. The third-order valence-corrected chi connectivity index (χ3v) is 11.9. The van der Waals surface area contributed by atoms with E-state index in [4.69, 9.17) is 0 Å². The van der Waals surface area contributed by atoms with Crippen LogP contribution in [-0.2, 0) is 52.3 Å². The monoisotopic (exact) mass is 866 g/mol. The summed E-state index contributed by atoms with van der Waals surface area (Å²) in [6.45, 7) is 36.9. The summed E-state index contributed by atoms with van der Waals surface area (Å²) in [6.07, 6.45) is 10.0. The molecule has 1 unspecified atom stereocenters. The van der Waals surface area contributed by atoms with Crippen molar-refractivity contribution in [2.24, 2.45) is 11.3 Å². The summed E-state index contributed by atoms with van der Waals surface area (Å²) >= 11 is 1.46. The molecule has 6 rings (SSSR count). The van der Waals surface area contributed by atoms with Crippen LogP contribution in [0.2, 0.25) is 0 Å². The predicted molar refractivity (Wildman–Crippen MR) is 248 cm³/mol. The van der Waals surface area contributed by atoms with Crippen LogP contribution in [0.1, 0.15) is 162 Å². The van der Waals surface area contributed by atoms with Crippen molar-refractivity contribution < 1.29 is 24.2 Å². The van der Waals surface area contributed by atoms with Crippen LogP contribution in [0.4, 0.5) is 0 Å². The van der Waals surface area contributed by atoms with Crippen molar-refractivity contribution in [3.63, 3.8) is 0 Å². The molecule has 2 aliphatic carbocycles. The number of hydrogen-bond donors (Lipinski definition) is 0. The van der Waals surface area contributed by atoms with E-state index in [1.165, 1.54) is 95.1 Å². The van der Waals surface area contributed by atoms with E-state index in [-0.39, 0.29) is 46.5 Å². The van der Waals surface area contributed by atoms with Gasteiger partial charge in [-0.2, -0.15) is 29.3 Å². The molecule has 0 radical (unpaired) electrons. The van der Waals surface area contributed by atoms with Gasteiger partial charge < -0.3 is 0 Å². The first-order valence-electron chi connectivity index (χ1n) is 20.1. The van der Waals surface area contributed by atoms with Gasteiger partial charge in [-0.25, -0.2) is 6.08 Å². The molecule has 56 heavy (non-hydrogen) atoms. The Kier molecular flexibility index (Phi) is 17.1. The number of hydrogen-bond acceptors (Lipinski definition) is 0. The summed E-state index contributed by atoms with van der Waals surface area (Å²) in [6, 6.07) is 32.5. The Hall–Kier alpha value is -2.31. The Balaban J connectivity index is 0.000000332. The summed E-state index contributed by atoms with van der Waals surface area (Å²) < 4.78 is 1.42. The van der Waals surface area contributed by atoms with Gasteiger partial charge in [0.2, 0.25) is 0 Å². The standard InChI is InChI=1S/C29H41.C13H10.C11H17.2ClH.Zr/c1-26(2,3)22-14-18-13-19-15-23(27(4,5)6)25(29(10,11)12)17-21(19)20(18)16-24(22)28(7,8)9;1-3-7-12(8-4-1)11-13-9-5-2-6-10-13;1-5-9-6-7-10(8-9)11(2,3)4;;;/h14,16-17H,13H2,1-12H3;1-10H;7-9H,5H2,1-4H3;2*1H;/q-1;;-1;;;+2. The molecule has 0 spiro atoms. The zero-order valence-corrected chi connectivity index (χ0v) is 41.6. The average molecular weight is 869 g/mol. The molecule has 0 bridgehead atoms. The molecule has 0 N–H and O–H groups in total. The quantitative estimate of drug-likeness (QED) is 0.159. The second kappa shape index (κ2) is 19.2. The maximum absolute atomic E-state index is 3.90. The third kappa shape index (κ3) is 12.6. The van der Waals surface area contributed by atoms with Crippen molar-refractivity contribution in [3.05, 3.63) is 153 Å². The summed E-state index contributed by atoms with van der Waals surface area (Å²) in [5.74, 6) is 0.573. The molecule has 0 heterocycles. The summed E-state index contributed by atoms with van der Waals surface area (Å²) in [5, 5.41) is 0. The first-order valence-corrected chi connectivity index (χ1v) is 21.3. The Morgan fingerprint density at radius 1 is 0.589 bits per heavy atom. The Bertz CT molecular complexity index is 1860. The minimum atomic E-state index is 0. The molecule has 0 nitrogen and oxygen atoms in total. The van der Waals surface area contributed by atoms with Gasteiger partial charge in [0.15, 0.2) is 0 Å². The van der Waals surface area contributed by atoms with E-state index in [9.17, 15) is 0 Å². The van der Waals surface area contributed by atoms with Crippen LogP contribution in [0.5, 0.6) is 0 Å². The van der Waals surface area contributed by atoms with Crippen molar-refractivity contribution in [1.82, 2.24) is 0 Å². The minimum absolute atomic E-state index is 0. The van der Waals surface area contributed by atoms with E-state index in [2.05, 4.69) is 214 Å². The topological polar surface area (TPSA) is 0 Å². The van der Waals surface area contributed by atoms with Gasteiger partial charge in [0.1, 0.15) is 0 Å². The Morgan fingerprint density at radius 2 is 1.04 bits per heavy atom. The van der Waals surface area contributed by atoms with E-state index >= 15 is 0 Å². The van der Waals surface area contributed by atoms with E-state index in [1.807, 2.05) is 0 Å². The first-order chi connectivity index (χ1) is 24.8. The number of benzene rings is 4. The molecule has 2 aliphatic rings. The summed E-state index contributed by atoms with van der Waals surface area (Å²) in [5.41, 5.74) is 16.3. The summed E-state index contributed by atoms with van der Waals surface area (Å²) in [7, 11) is 0. The van der Waals surface area contributed by atoms with E-state index in [0.29, 0.717) is 11.3 Å². The molecule has 0 amide bonds. The SMILES string of the molecule is CC(C)(C)c1[c-]c2c(cc1C(C)(C)C)-c1cc(C(C)(C)C)c(C(C)(C)C)cc1C2.CCC1[C-]=CC(C(C)(C)C)=C1.Cl.Cl.[Zr+2]=[C](c1ccccc1)c1ccccc1. The Morgan fingerprint density at radius 3 is 1.41 bits per heavy atom. The van der Waals surface area contributed by atoms with Crippen molar-refractivity contribution in [2.75, 3.05) is 0 Å². The molecule has 0 aromatic heterocycles. The van der Waals surface area contributed by atoms with Crippen LogP contribution in [-0.4, -0.2) is 3.21 Å². The third-order valence-electron chi connectivity index (χ3n) is 10.5. The number of rotatable bonds is 3. The molecular formula is C53H70Cl2Zr. The van der Waals surface area contributed by atoms with Gasteiger partial charge in [0.25, 0.3) is 0 Å². The van der Waals surface area contributed by atoms with Crippen LogP contribution in [0.3, 0.4) is 0 Å². The molecule has 0 aliphatic heterocycles. The molecule has 0 fully saturated rings. The molecule has 300 valence electrons. The molecule has 3 heteroatoms. The average Bonchev–Trinajstić information content (AvgIpc) is 3.72. The number of allylic oxidation sites excluding steroid dienone is 4. The van der Waals surface area contributed by atoms with Gasteiger partial charge in [-0.05, 0) is 39.4 Å². The van der Waals surface area contributed by atoms with Gasteiger partial charge in [-0.3, -0.25) is 6.08 Å². The number of halogens is 2. The maximum atomic E-state index is 3.90. The van der Waals surface area contributed by atoms with Gasteiger partial charge >= 0.3 is 99.2 Å². The first kappa shape index (κ1) is 49.8. The predicted octanol–water partition coefficient (Wildman–Crippen LogP) is 15.3. The van der Waals surface area contributed by atoms with Crippen LogP contribution in [0.15, 0.2) is 96.6 Å². The van der Waals surface area contributed by atoms with Crippen LogP contribution < -0.4 is 0 Å². The van der Waals surface area contributed by atoms with Crippen molar-refractivity contribution >= 4 is 28.0 Å². The fraction of sp³-hybridized carbons (Fsp3) is 0.453. The van der Waals surface area contributed by atoms with Crippen molar-refractivity contribution in [1.29, 1.82) is 0 Å². The van der Waals surface area contributed by atoms with Crippen LogP contribution in [0.25, 0.3) is 11.1 Å². The van der Waals surface area contributed by atoms with Crippen molar-refractivity contribution in [3.8, 4) is 11.1 Å². The fourth-order valence-corrected chi connectivity index (χ4v) is 8.03. The normalized spacial score (nSPS) is 14.8. The molecule has 0 saturated heterocycles. The van der Waals surface area contributed by atoms with Crippen molar-refractivity contribution in [2.45, 2.75) is 145 Å². The molecule has 4 aromatic rings. The second-order valence-electron chi connectivity index (χ2n) is 20.5. The van der Waals surface area contributed by atoms with Gasteiger partial charge in [-0.1, -0.05) is 152 Å². The van der Waals surface area contributed by atoms with Gasteiger partial charge in [0.05, 0.1) is 0 Å². The zero-order valence-electron chi connectivity index (χ0n) is 37.5. The fourth-order valence-electron chi connectivity index (χ4n) is 7.21. The van der Waals surface area contributed by atoms with Crippen LogP contribution in [0, 0.1) is 23.5 Å². The van der Waals surface area contributed by atoms with Gasteiger partial charge in [-0.15, -0.1) is 41.5 Å². The van der Waals surface area contributed by atoms with E-state index < -0.39 is 0 Å². The molecule has 4 aromatic carbocycles. The van der Waals surface area contributed by atoms with E-state index in [0.717, 1.165) is 6.42 Å². The van der Waals surface area contributed by atoms with Gasteiger partial charge in [0, 0.05) is 0 Å². The van der Waals surface area contributed by atoms with Crippen LogP contribution >= 0.6 is 24.8 Å². The number of fused-ring (bicyclic) bond motifs is 3. The molecule has 0 saturated carbocycles.